The van der Waals surface area contributed by atoms with E-state index >= 15 is 0 Å². The summed E-state index contributed by atoms with van der Waals surface area (Å²) in [4.78, 5) is 16.3. The fourth-order valence-corrected chi connectivity index (χ4v) is 4.63. The van der Waals surface area contributed by atoms with Crippen molar-refractivity contribution in [2.75, 3.05) is 32.8 Å². The van der Waals surface area contributed by atoms with Gasteiger partial charge in [0.05, 0.1) is 18.8 Å². The van der Waals surface area contributed by atoms with Crippen LogP contribution in [0, 0.1) is 5.92 Å². The van der Waals surface area contributed by atoms with Gasteiger partial charge < -0.3 is 10.1 Å². The third-order valence-corrected chi connectivity index (χ3v) is 5.71. The molecule has 1 amide bonds. The summed E-state index contributed by atoms with van der Waals surface area (Å²) in [6.45, 7) is 8.82. The summed E-state index contributed by atoms with van der Waals surface area (Å²) in [5.74, 6) is 0.857. The fraction of sp³-hybridized carbons (Fsp3) is 0.706. The lowest BCUT2D eigenvalue weighted by atomic mass is 9.88. The Labute approximate surface area is 136 Å². The number of carbonyl (C=O) groups excluding carboxylic acids is 1. The standard InChI is InChI=1S/C17H26N2O2S/c1-12-3-4-14-15(11-22-16(14)9-12)17(20)18-13(2)10-19-5-7-21-8-6-19/h11-13H,3-10H2,1-2H3,(H,18,20). The van der Waals surface area contributed by atoms with Crippen molar-refractivity contribution in [1.29, 1.82) is 0 Å². The van der Waals surface area contributed by atoms with Crippen molar-refractivity contribution >= 4 is 17.2 Å². The van der Waals surface area contributed by atoms with Gasteiger partial charge >= 0.3 is 0 Å². The number of nitrogens with zero attached hydrogens (tertiary/aromatic N) is 1. The first-order valence-corrected chi connectivity index (χ1v) is 9.21. The largest absolute Gasteiger partial charge is 0.379 e. The van der Waals surface area contributed by atoms with Crippen molar-refractivity contribution in [1.82, 2.24) is 10.2 Å². The molecule has 2 heterocycles. The van der Waals surface area contributed by atoms with Gasteiger partial charge in [0.25, 0.3) is 5.91 Å². The summed E-state index contributed by atoms with van der Waals surface area (Å²) in [6, 6.07) is 0.170. The lowest BCUT2D eigenvalue weighted by Crippen LogP contribution is -2.46. The minimum atomic E-state index is 0.104. The first-order valence-electron chi connectivity index (χ1n) is 8.33. The molecule has 0 bridgehead atoms. The molecule has 1 aliphatic heterocycles. The molecule has 1 N–H and O–H groups in total. The predicted molar refractivity (Wildman–Crippen MR) is 89.7 cm³/mol. The van der Waals surface area contributed by atoms with Crippen LogP contribution in [0.5, 0.6) is 0 Å². The van der Waals surface area contributed by atoms with Crippen LogP contribution in [0.4, 0.5) is 0 Å². The molecule has 1 aromatic heterocycles. The zero-order chi connectivity index (χ0) is 15.5. The first-order chi connectivity index (χ1) is 10.6. The molecule has 3 rings (SSSR count). The molecule has 0 radical (unpaired) electrons. The summed E-state index contributed by atoms with van der Waals surface area (Å²) in [7, 11) is 0. The second kappa shape index (κ2) is 7.11. The number of thiophene rings is 1. The Balaban J connectivity index is 1.57. The molecular weight excluding hydrogens is 296 g/mol. The Morgan fingerprint density at radius 1 is 1.50 bits per heavy atom. The second-order valence-corrected chi connectivity index (χ2v) is 7.65. The minimum Gasteiger partial charge on any atom is -0.379 e. The number of rotatable bonds is 4. The van der Waals surface area contributed by atoms with Gasteiger partial charge in [-0.3, -0.25) is 9.69 Å². The fourth-order valence-electron chi connectivity index (χ4n) is 3.39. The van der Waals surface area contributed by atoms with Crippen LogP contribution in [-0.4, -0.2) is 49.7 Å². The molecular formula is C17H26N2O2S. The summed E-state index contributed by atoms with van der Waals surface area (Å²) in [5.41, 5.74) is 2.22. The topological polar surface area (TPSA) is 41.6 Å². The highest BCUT2D eigenvalue weighted by Crippen LogP contribution is 2.32. The number of ether oxygens (including phenoxy) is 1. The van der Waals surface area contributed by atoms with E-state index in [9.17, 15) is 4.79 Å². The Hall–Kier alpha value is -0.910. The van der Waals surface area contributed by atoms with Crippen molar-refractivity contribution in [3.05, 3.63) is 21.4 Å². The average molecular weight is 322 g/mol. The summed E-state index contributed by atoms with van der Waals surface area (Å²) in [6.07, 6.45) is 3.39. The van der Waals surface area contributed by atoms with E-state index in [-0.39, 0.29) is 11.9 Å². The van der Waals surface area contributed by atoms with Crippen LogP contribution in [0.3, 0.4) is 0 Å². The SMILES string of the molecule is CC1CCc2c(C(=O)NC(C)CN3CCOCC3)csc2C1. The first kappa shape index (κ1) is 16.0. The highest BCUT2D eigenvalue weighted by atomic mass is 32.1. The van der Waals surface area contributed by atoms with Crippen LogP contribution in [0.2, 0.25) is 0 Å². The van der Waals surface area contributed by atoms with Gasteiger partial charge in [-0.15, -0.1) is 11.3 Å². The molecule has 0 saturated carbocycles. The molecule has 5 heteroatoms. The number of nitrogens with one attached hydrogen (secondary N) is 1. The van der Waals surface area contributed by atoms with E-state index in [2.05, 4.69) is 29.4 Å². The van der Waals surface area contributed by atoms with Crippen molar-refractivity contribution in [3.8, 4) is 0 Å². The number of hydrogen-bond acceptors (Lipinski definition) is 4. The van der Waals surface area contributed by atoms with Gasteiger partial charge in [-0.25, -0.2) is 0 Å². The zero-order valence-electron chi connectivity index (χ0n) is 13.6. The van der Waals surface area contributed by atoms with Crippen molar-refractivity contribution in [2.24, 2.45) is 5.92 Å². The molecule has 122 valence electrons. The van der Waals surface area contributed by atoms with Gasteiger partial charge in [0.15, 0.2) is 0 Å². The molecule has 0 spiro atoms. The van der Waals surface area contributed by atoms with E-state index in [1.54, 1.807) is 11.3 Å². The maximum atomic E-state index is 12.6. The van der Waals surface area contributed by atoms with E-state index in [4.69, 9.17) is 4.74 Å². The number of hydrogen-bond donors (Lipinski definition) is 1. The Bertz CT molecular complexity index is 523. The van der Waals surface area contributed by atoms with Crippen LogP contribution in [0.1, 0.15) is 41.1 Å². The summed E-state index contributed by atoms with van der Waals surface area (Å²) < 4.78 is 5.36. The van der Waals surface area contributed by atoms with Crippen LogP contribution in [0.25, 0.3) is 0 Å². The third kappa shape index (κ3) is 3.70. The van der Waals surface area contributed by atoms with Gasteiger partial charge in [-0.1, -0.05) is 6.92 Å². The Morgan fingerprint density at radius 2 is 2.27 bits per heavy atom. The smallest absolute Gasteiger partial charge is 0.252 e. The molecule has 1 saturated heterocycles. The third-order valence-electron chi connectivity index (χ3n) is 4.66. The normalized spacial score (nSPS) is 23.8. The van der Waals surface area contributed by atoms with E-state index in [1.165, 1.54) is 16.9 Å². The number of morpholine rings is 1. The van der Waals surface area contributed by atoms with E-state index in [1.807, 2.05) is 0 Å². The molecule has 4 nitrogen and oxygen atoms in total. The van der Waals surface area contributed by atoms with E-state index in [0.29, 0.717) is 0 Å². The lowest BCUT2D eigenvalue weighted by Gasteiger charge is -2.29. The molecule has 2 atom stereocenters. The van der Waals surface area contributed by atoms with Crippen LogP contribution >= 0.6 is 11.3 Å². The Kier molecular flexibility index (Phi) is 5.16. The second-order valence-electron chi connectivity index (χ2n) is 6.69. The monoisotopic (exact) mass is 322 g/mol. The van der Waals surface area contributed by atoms with Crippen LogP contribution in [-0.2, 0) is 17.6 Å². The molecule has 1 fully saturated rings. The molecule has 0 aromatic carbocycles. The molecule has 1 aliphatic carbocycles. The maximum absolute atomic E-state index is 12.6. The quantitative estimate of drug-likeness (QED) is 0.925. The lowest BCUT2D eigenvalue weighted by molar-refractivity contribution is 0.0342. The van der Waals surface area contributed by atoms with Gasteiger partial charge in [0, 0.05) is 35.9 Å². The number of fused-ring (bicyclic) bond motifs is 1. The zero-order valence-corrected chi connectivity index (χ0v) is 14.4. The molecule has 2 unspecified atom stereocenters. The van der Waals surface area contributed by atoms with Crippen molar-refractivity contribution < 1.29 is 9.53 Å². The van der Waals surface area contributed by atoms with Crippen LogP contribution in [0.15, 0.2) is 5.38 Å². The van der Waals surface area contributed by atoms with Gasteiger partial charge in [-0.05, 0) is 37.7 Å². The molecule has 1 aromatic rings. The average Bonchev–Trinajstić information content (AvgIpc) is 2.91. The highest BCUT2D eigenvalue weighted by molar-refractivity contribution is 7.10. The molecule has 2 aliphatic rings. The van der Waals surface area contributed by atoms with E-state index in [0.717, 1.165) is 57.2 Å². The van der Waals surface area contributed by atoms with Gasteiger partial charge in [0.1, 0.15) is 0 Å². The van der Waals surface area contributed by atoms with Crippen LogP contribution < -0.4 is 5.32 Å². The van der Waals surface area contributed by atoms with Gasteiger partial charge in [-0.2, -0.15) is 0 Å². The minimum absolute atomic E-state index is 0.104. The molecule has 22 heavy (non-hydrogen) atoms. The highest BCUT2D eigenvalue weighted by Gasteiger charge is 2.24. The summed E-state index contributed by atoms with van der Waals surface area (Å²) >= 11 is 1.76. The van der Waals surface area contributed by atoms with Crippen molar-refractivity contribution in [2.45, 2.75) is 39.2 Å². The van der Waals surface area contributed by atoms with E-state index < -0.39 is 0 Å². The predicted octanol–water partition coefficient (Wildman–Crippen LogP) is 2.32. The Morgan fingerprint density at radius 3 is 3.05 bits per heavy atom. The van der Waals surface area contributed by atoms with Gasteiger partial charge in [0.2, 0.25) is 0 Å². The van der Waals surface area contributed by atoms with Crippen molar-refractivity contribution in [3.63, 3.8) is 0 Å². The maximum Gasteiger partial charge on any atom is 0.252 e. The number of carbonyl (C=O) groups is 1. The summed E-state index contributed by atoms with van der Waals surface area (Å²) in [5, 5.41) is 5.23. The number of amides is 1.